The van der Waals surface area contributed by atoms with E-state index in [2.05, 4.69) is 9.82 Å². The minimum atomic E-state index is -3.76. The molecule has 1 aromatic heterocycles. The van der Waals surface area contributed by atoms with Crippen LogP contribution in [-0.2, 0) is 21.0 Å². The van der Waals surface area contributed by atoms with Crippen LogP contribution in [0.25, 0.3) is 5.70 Å². The van der Waals surface area contributed by atoms with Crippen LogP contribution in [0.15, 0.2) is 47.5 Å². The minimum absolute atomic E-state index is 0.168. The van der Waals surface area contributed by atoms with Crippen molar-refractivity contribution in [3.8, 4) is 0 Å². The van der Waals surface area contributed by atoms with E-state index in [0.717, 1.165) is 9.65 Å². The molecule has 1 heterocycles. The van der Waals surface area contributed by atoms with Crippen molar-refractivity contribution in [1.82, 2.24) is 13.9 Å². The van der Waals surface area contributed by atoms with E-state index in [4.69, 9.17) is 0 Å². The third-order valence-corrected chi connectivity index (χ3v) is 6.54. The maximum Gasteiger partial charge on any atom is 0.282 e. The van der Waals surface area contributed by atoms with Gasteiger partial charge < -0.3 is 4.72 Å². The van der Waals surface area contributed by atoms with Gasteiger partial charge >= 0.3 is 0 Å². The Kier molecular flexibility index (Phi) is 5.53. The van der Waals surface area contributed by atoms with Crippen molar-refractivity contribution in [2.75, 3.05) is 0 Å². The number of nitrogens with zero attached hydrogens (tertiary/aromatic N) is 2. The zero-order chi connectivity index (χ0) is 18.8. The maximum atomic E-state index is 12.7. The van der Waals surface area contributed by atoms with Gasteiger partial charge in [0.25, 0.3) is 10.0 Å². The highest BCUT2D eigenvalue weighted by Crippen LogP contribution is 2.18. The van der Waals surface area contributed by atoms with Crippen LogP contribution in [0.3, 0.4) is 0 Å². The largest absolute Gasteiger partial charge is 0.303 e. The average Bonchev–Trinajstić information content (AvgIpc) is 3.02. The summed E-state index contributed by atoms with van der Waals surface area (Å²) in [6.45, 7) is 9.22. The zero-order valence-corrected chi connectivity index (χ0v) is 16.6. The molecule has 1 atom stereocenters. The standard InChI is InChI=1S/C17H23N3O3S2/c1-6-15(19-24(21)17(3,4)5)16-11-12-20(18-16)25(22,23)14-9-7-13(2)8-10-14/h6-12,19H,1-5H3. The quantitative estimate of drug-likeness (QED) is 0.863. The zero-order valence-electron chi connectivity index (χ0n) is 15.0. The van der Waals surface area contributed by atoms with Gasteiger partial charge in [-0.2, -0.15) is 17.6 Å². The predicted octanol–water partition coefficient (Wildman–Crippen LogP) is 2.84. The van der Waals surface area contributed by atoms with Gasteiger partial charge in [-0.15, -0.1) is 0 Å². The molecule has 0 aliphatic rings. The van der Waals surface area contributed by atoms with E-state index < -0.39 is 25.8 Å². The van der Waals surface area contributed by atoms with Crippen LogP contribution in [0, 0.1) is 6.92 Å². The van der Waals surface area contributed by atoms with E-state index in [0.29, 0.717) is 11.4 Å². The van der Waals surface area contributed by atoms with Crippen LogP contribution >= 0.6 is 0 Å². The molecule has 0 radical (unpaired) electrons. The van der Waals surface area contributed by atoms with Gasteiger partial charge in [-0.1, -0.05) is 23.8 Å². The summed E-state index contributed by atoms with van der Waals surface area (Å²) in [7, 11) is -5.09. The molecular weight excluding hydrogens is 358 g/mol. The summed E-state index contributed by atoms with van der Waals surface area (Å²) in [4.78, 5) is 0.168. The molecule has 1 aromatic carbocycles. The molecule has 25 heavy (non-hydrogen) atoms. The van der Waals surface area contributed by atoms with Crippen LogP contribution < -0.4 is 4.72 Å². The highest BCUT2D eigenvalue weighted by molar-refractivity contribution is 7.89. The van der Waals surface area contributed by atoms with E-state index in [9.17, 15) is 12.6 Å². The number of aromatic nitrogens is 2. The minimum Gasteiger partial charge on any atom is -0.303 e. The fourth-order valence-electron chi connectivity index (χ4n) is 1.92. The van der Waals surface area contributed by atoms with E-state index in [1.165, 1.54) is 6.20 Å². The predicted molar refractivity (Wildman–Crippen MR) is 101 cm³/mol. The molecule has 0 aliphatic heterocycles. The molecule has 0 aliphatic carbocycles. The Morgan fingerprint density at radius 3 is 2.32 bits per heavy atom. The molecule has 2 rings (SSSR count). The topological polar surface area (TPSA) is 81.1 Å². The molecule has 8 heteroatoms. The highest BCUT2D eigenvalue weighted by Gasteiger charge is 2.23. The van der Waals surface area contributed by atoms with Gasteiger partial charge in [-0.25, -0.2) is 4.21 Å². The number of hydrogen-bond acceptors (Lipinski definition) is 4. The van der Waals surface area contributed by atoms with Gasteiger partial charge in [-0.3, -0.25) is 0 Å². The molecule has 1 unspecified atom stereocenters. The lowest BCUT2D eigenvalue weighted by Gasteiger charge is -2.19. The normalized spacial score (nSPS) is 14.4. The Hall–Kier alpha value is -1.93. The van der Waals surface area contributed by atoms with Crippen molar-refractivity contribution in [1.29, 1.82) is 0 Å². The highest BCUT2D eigenvalue weighted by atomic mass is 32.2. The van der Waals surface area contributed by atoms with Crippen molar-refractivity contribution in [3.63, 3.8) is 0 Å². The van der Waals surface area contributed by atoms with E-state index >= 15 is 0 Å². The first-order valence-electron chi connectivity index (χ1n) is 7.79. The number of benzene rings is 1. The number of aryl methyl sites for hydroxylation is 1. The Morgan fingerprint density at radius 1 is 1.20 bits per heavy atom. The lowest BCUT2D eigenvalue weighted by atomic mass is 10.2. The first-order chi connectivity index (χ1) is 11.6. The maximum absolute atomic E-state index is 12.7. The summed E-state index contributed by atoms with van der Waals surface area (Å²) >= 11 is 0. The second kappa shape index (κ2) is 7.13. The molecule has 0 saturated heterocycles. The first-order valence-corrected chi connectivity index (χ1v) is 10.4. The monoisotopic (exact) mass is 381 g/mol. The summed E-state index contributed by atoms with van der Waals surface area (Å²) in [5.41, 5.74) is 1.91. The molecule has 0 bridgehead atoms. The summed E-state index contributed by atoms with van der Waals surface area (Å²) < 4.78 is 40.9. The molecule has 0 amide bonds. The van der Waals surface area contributed by atoms with Gasteiger partial charge in [-0.05, 0) is 52.8 Å². The van der Waals surface area contributed by atoms with Gasteiger partial charge in [0, 0.05) is 6.20 Å². The fourth-order valence-corrected chi connectivity index (χ4v) is 3.76. The molecule has 0 saturated carbocycles. The molecule has 0 spiro atoms. The van der Waals surface area contributed by atoms with Crippen molar-refractivity contribution < 1.29 is 12.6 Å². The Bertz CT molecular complexity index is 905. The Labute approximate surface area is 151 Å². The molecular formula is C17H23N3O3S2. The molecule has 136 valence electrons. The van der Waals surface area contributed by atoms with Crippen LogP contribution in [0.5, 0.6) is 0 Å². The average molecular weight is 382 g/mol. The van der Waals surface area contributed by atoms with Crippen molar-refractivity contribution in [3.05, 3.63) is 53.9 Å². The van der Waals surface area contributed by atoms with Crippen molar-refractivity contribution in [2.24, 2.45) is 0 Å². The van der Waals surface area contributed by atoms with E-state index in [1.54, 1.807) is 43.3 Å². The molecule has 0 fully saturated rings. The third-order valence-electron chi connectivity index (χ3n) is 3.45. The Morgan fingerprint density at radius 2 is 1.80 bits per heavy atom. The van der Waals surface area contributed by atoms with E-state index in [-0.39, 0.29) is 4.90 Å². The lowest BCUT2D eigenvalue weighted by Crippen LogP contribution is -2.32. The van der Waals surface area contributed by atoms with Crippen molar-refractivity contribution >= 4 is 26.7 Å². The van der Waals surface area contributed by atoms with Crippen LogP contribution in [0.2, 0.25) is 0 Å². The fraction of sp³-hybridized carbons (Fsp3) is 0.353. The van der Waals surface area contributed by atoms with Gasteiger partial charge in [0.1, 0.15) is 16.7 Å². The molecule has 1 N–H and O–H groups in total. The third kappa shape index (κ3) is 4.38. The van der Waals surface area contributed by atoms with Crippen LogP contribution in [0.1, 0.15) is 39.0 Å². The molecule has 6 nitrogen and oxygen atoms in total. The van der Waals surface area contributed by atoms with Gasteiger partial charge in [0.05, 0.1) is 15.3 Å². The summed E-state index contributed by atoms with van der Waals surface area (Å²) in [6, 6.07) is 8.16. The van der Waals surface area contributed by atoms with Gasteiger partial charge in [0.15, 0.2) is 0 Å². The van der Waals surface area contributed by atoms with E-state index in [1.807, 2.05) is 27.7 Å². The van der Waals surface area contributed by atoms with Crippen molar-refractivity contribution in [2.45, 2.75) is 44.3 Å². The Balaban J connectivity index is 2.32. The van der Waals surface area contributed by atoms with Gasteiger partial charge in [0.2, 0.25) is 0 Å². The number of rotatable bonds is 5. The number of hydrogen-bond donors (Lipinski definition) is 1. The van der Waals surface area contributed by atoms with Crippen LogP contribution in [-0.4, -0.2) is 26.6 Å². The summed E-state index contributed by atoms with van der Waals surface area (Å²) in [5, 5.41) is 4.15. The number of nitrogens with one attached hydrogen (secondary N) is 1. The summed E-state index contributed by atoms with van der Waals surface area (Å²) in [5.74, 6) is 0. The smallest absolute Gasteiger partial charge is 0.282 e. The van der Waals surface area contributed by atoms with Crippen LogP contribution in [0.4, 0.5) is 0 Å². The first kappa shape index (κ1) is 19.4. The molecule has 2 aromatic rings. The second-order valence-corrected chi connectivity index (χ2v) is 10.3. The number of allylic oxidation sites excluding steroid dienone is 1. The summed E-state index contributed by atoms with van der Waals surface area (Å²) in [6.07, 6.45) is 3.10. The SMILES string of the molecule is CC=C(NS(=O)C(C)(C)C)c1ccn(S(=O)(=O)c2ccc(C)cc2)n1. The lowest BCUT2D eigenvalue weighted by molar-refractivity contribution is 0.580. The second-order valence-electron chi connectivity index (χ2n) is 6.58.